The maximum absolute atomic E-state index is 12.9. The zero-order valence-electron chi connectivity index (χ0n) is 31.1. The second-order valence-corrected chi connectivity index (χ2v) is 14.2. The molecule has 2 heterocycles. The van der Waals surface area contributed by atoms with Crippen LogP contribution in [0.4, 0.5) is 0 Å². The summed E-state index contributed by atoms with van der Waals surface area (Å²) in [5, 5.41) is 12.7. The molecule has 1 aromatic heterocycles. The van der Waals surface area contributed by atoms with Gasteiger partial charge < -0.3 is 19.9 Å². The van der Waals surface area contributed by atoms with Crippen molar-refractivity contribution < 1.29 is 19.4 Å². The first-order valence-corrected chi connectivity index (χ1v) is 19.1. The van der Waals surface area contributed by atoms with Gasteiger partial charge in [0.1, 0.15) is 5.69 Å². The number of aromatic nitrogens is 2. The lowest BCUT2D eigenvalue weighted by Gasteiger charge is -2.38. The highest BCUT2D eigenvalue weighted by Gasteiger charge is 2.33. The fourth-order valence-electron chi connectivity index (χ4n) is 7.22. The number of nitrogens with zero attached hydrogens (tertiary/aromatic N) is 3. The summed E-state index contributed by atoms with van der Waals surface area (Å²) < 4.78 is 13.5. The number of aliphatic hydroxyl groups is 1. The Labute approximate surface area is 327 Å². The van der Waals surface area contributed by atoms with E-state index in [0.29, 0.717) is 18.5 Å². The molecule has 1 fully saturated rings. The van der Waals surface area contributed by atoms with Crippen LogP contribution in [0.2, 0.25) is 0 Å². The second-order valence-electron chi connectivity index (χ2n) is 14.2. The number of fused-ring (bicyclic) bond motifs is 1. The van der Waals surface area contributed by atoms with Crippen LogP contribution in [0, 0.1) is 0 Å². The molecule has 1 amide bonds. The van der Waals surface area contributed by atoms with Crippen LogP contribution in [0.5, 0.6) is 0 Å². The first kappa shape index (κ1) is 36.9. The predicted molar refractivity (Wildman–Crippen MR) is 218 cm³/mol. The van der Waals surface area contributed by atoms with Crippen molar-refractivity contribution in [3.63, 3.8) is 0 Å². The van der Waals surface area contributed by atoms with Crippen LogP contribution in [0.25, 0.3) is 22.2 Å². The lowest BCUT2D eigenvalue weighted by Crippen LogP contribution is -2.39. The monoisotopic (exact) mass is 740 g/mol. The van der Waals surface area contributed by atoms with Crippen LogP contribution in [0.15, 0.2) is 164 Å². The molecule has 2 N–H and O–H groups in total. The van der Waals surface area contributed by atoms with Crippen LogP contribution < -0.4 is 5.32 Å². The van der Waals surface area contributed by atoms with Gasteiger partial charge in [0, 0.05) is 38.2 Å². The van der Waals surface area contributed by atoms with Crippen molar-refractivity contribution in [1.29, 1.82) is 0 Å². The van der Waals surface area contributed by atoms with Gasteiger partial charge in [-0.3, -0.25) is 14.7 Å². The highest BCUT2D eigenvalue weighted by Crippen LogP contribution is 2.39. The summed E-state index contributed by atoms with van der Waals surface area (Å²) in [5.74, 6) is -0.269. The first-order chi connectivity index (χ1) is 27.6. The number of aliphatic hydroxyl groups excluding tert-OH is 1. The van der Waals surface area contributed by atoms with Gasteiger partial charge in [-0.25, -0.2) is 4.98 Å². The molecule has 56 heavy (non-hydrogen) atoms. The normalized spacial score (nSPS) is 16.9. The van der Waals surface area contributed by atoms with Crippen molar-refractivity contribution in [2.75, 3.05) is 6.54 Å². The van der Waals surface area contributed by atoms with Gasteiger partial charge in [0.05, 0.1) is 36.0 Å². The Hall–Kier alpha value is -6.03. The third-order valence-electron chi connectivity index (χ3n) is 10.2. The highest BCUT2D eigenvalue weighted by atomic mass is 16.7. The predicted octanol–water partition coefficient (Wildman–Crippen LogP) is 8.97. The number of nitrogens with one attached hydrogen (secondary N) is 1. The van der Waals surface area contributed by atoms with Gasteiger partial charge in [-0.05, 0) is 57.1 Å². The van der Waals surface area contributed by atoms with Gasteiger partial charge in [0.25, 0.3) is 5.91 Å². The largest absolute Gasteiger partial charge is 0.392 e. The molecule has 0 saturated carbocycles. The van der Waals surface area contributed by atoms with Crippen LogP contribution in [-0.2, 0) is 35.7 Å². The Balaban J connectivity index is 0.985. The summed E-state index contributed by atoms with van der Waals surface area (Å²) in [7, 11) is 0. The van der Waals surface area contributed by atoms with E-state index in [4.69, 9.17) is 9.47 Å². The van der Waals surface area contributed by atoms with E-state index in [1.54, 1.807) is 0 Å². The molecule has 0 radical (unpaired) electrons. The quantitative estimate of drug-likeness (QED) is 0.122. The topological polar surface area (TPSA) is 96.8 Å². The Morgan fingerprint density at radius 1 is 0.661 bits per heavy atom. The van der Waals surface area contributed by atoms with Crippen molar-refractivity contribution in [3.05, 3.63) is 203 Å². The van der Waals surface area contributed by atoms with Crippen molar-refractivity contribution in [1.82, 2.24) is 20.2 Å². The molecule has 3 unspecified atom stereocenters. The molecular weight excluding hydrogens is 697 g/mol. The number of benzene rings is 6. The van der Waals surface area contributed by atoms with Crippen molar-refractivity contribution in [2.45, 2.75) is 51.2 Å². The third-order valence-corrected chi connectivity index (χ3v) is 10.2. The van der Waals surface area contributed by atoms with E-state index in [0.717, 1.165) is 58.5 Å². The number of carbonyl (C=O) groups excluding carboxylic acids is 1. The Morgan fingerprint density at radius 2 is 1.30 bits per heavy atom. The minimum atomic E-state index is -0.569. The molecule has 0 aliphatic carbocycles. The lowest BCUT2D eigenvalue weighted by atomic mass is 9.98. The molecule has 7 aromatic rings. The molecule has 1 aliphatic rings. The van der Waals surface area contributed by atoms with E-state index >= 15 is 0 Å². The Morgan fingerprint density at radius 3 is 2.00 bits per heavy atom. The van der Waals surface area contributed by atoms with Crippen molar-refractivity contribution in [2.24, 2.45) is 0 Å². The minimum absolute atomic E-state index is 0.00148. The second kappa shape index (κ2) is 17.6. The molecule has 8 rings (SSSR count). The van der Waals surface area contributed by atoms with Crippen LogP contribution in [0.1, 0.15) is 62.7 Å². The summed E-state index contributed by atoms with van der Waals surface area (Å²) in [6.07, 6.45) is 1.35. The number of ether oxygens (including phenoxy) is 2. The average Bonchev–Trinajstić information content (AvgIpc) is 3.26. The number of amides is 1. The smallest absolute Gasteiger partial charge is 0.271 e. The molecule has 8 heteroatoms. The van der Waals surface area contributed by atoms with Gasteiger partial charge in [-0.15, -0.1) is 0 Å². The molecular formula is C48H44N4O4. The van der Waals surface area contributed by atoms with Crippen LogP contribution in [-0.4, -0.2) is 38.5 Å². The standard InChI is InChI=1S/C48H44N4O4/c53-33-36-18-20-39(21-19-36)46-27-42(32-52(30-34-10-3-1-4-11-34)31-35-12-5-2-6-13-35)55-48(56-46)40-24-22-38(23-25-40)41-15-9-14-37(26-41)28-50-47(54)45-29-49-43-16-7-8-17-44(43)51-45/h1-26,29,42,46,48,53H,27-28,30-33H2,(H,50,54). The summed E-state index contributed by atoms with van der Waals surface area (Å²) in [5.41, 5.74) is 10.2. The van der Waals surface area contributed by atoms with Gasteiger partial charge in [-0.2, -0.15) is 0 Å². The number of carbonyl (C=O) groups is 1. The van der Waals surface area contributed by atoms with Gasteiger partial charge in [0.2, 0.25) is 0 Å². The molecule has 1 aliphatic heterocycles. The number of para-hydroxylation sites is 2. The van der Waals surface area contributed by atoms with Crippen LogP contribution in [0.3, 0.4) is 0 Å². The molecule has 8 nitrogen and oxygen atoms in total. The molecule has 0 spiro atoms. The number of hydrogen-bond donors (Lipinski definition) is 2. The third kappa shape index (κ3) is 9.25. The molecule has 280 valence electrons. The molecule has 3 atom stereocenters. The Bertz CT molecular complexity index is 2310. The molecule has 0 bridgehead atoms. The van der Waals surface area contributed by atoms with Crippen molar-refractivity contribution >= 4 is 16.9 Å². The number of rotatable bonds is 13. The van der Waals surface area contributed by atoms with E-state index in [9.17, 15) is 9.90 Å². The molecule has 6 aromatic carbocycles. The van der Waals surface area contributed by atoms with E-state index in [1.165, 1.54) is 17.3 Å². The number of hydrogen-bond acceptors (Lipinski definition) is 7. The van der Waals surface area contributed by atoms with Gasteiger partial charge >= 0.3 is 0 Å². The maximum atomic E-state index is 12.9. The van der Waals surface area contributed by atoms with Gasteiger partial charge in [0.15, 0.2) is 6.29 Å². The van der Waals surface area contributed by atoms with E-state index in [1.807, 2.05) is 48.5 Å². The van der Waals surface area contributed by atoms with E-state index in [-0.39, 0.29) is 30.4 Å². The summed E-state index contributed by atoms with van der Waals surface area (Å²) in [6, 6.07) is 53.2. The Kier molecular flexibility index (Phi) is 11.6. The van der Waals surface area contributed by atoms with Crippen LogP contribution >= 0.6 is 0 Å². The maximum Gasteiger partial charge on any atom is 0.271 e. The lowest BCUT2D eigenvalue weighted by molar-refractivity contribution is -0.253. The zero-order chi connectivity index (χ0) is 38.1. The highest BCUT2D eigenvalue weighted by molar-refractivity contribution is 5.93. The van der Waals surface area contributed by atoms with E-state index < -0.39 is 6.29 Å². The fourth-order valence-corrected chi connectivity index (χ4v) is 7.22. The van der Waals surface area contributed by atoms with E-state index in [2.05, 4.69) is 129 Å². The fraction of sp³-hybridized carbons (Fsp3) is 0.188. The SMILES string of the molecule is O=C(NCc1cccc(-c2ccc(C3OC(CN(Cc4ccccc4)Cc4ccccc4)CC(c4ccc(CO)cc4)O3)cc2)c1)c1cnc2ccccc2n1. The summed E-state index contributed by atoms with van der Waals surface area (Å²) in [4.78, 5) is 24.2. The van der Waals surface area contributed by atoms with Gasteiger partial charge in [-0.1, -0.05) is 140 Å². The summed E-state index contributed by atoms with van der Waals surface area (Å²) in [6.45, 7) is 2.68. The zero-order valence-corrected chi connectivity index (χ0v) is 31.1. The van der Waals surface area contributed by atoms with Crippen molar-refractivity contribution in [3.8, 4) is 11.1 Å². The summed E-state index contributed by atoms with van der Waals surface area (Å²) >= 11 is 0. The molecule has 1 saturated heterocycles. The first-order valence-electron chi connectivity index (χ1n) is 19.1. The minimum Gasteiger partial charge on any atom is -0.392 e. The average molecular weight is 741 g/mol.